The number of hydrogen-bond acceptors (Lipinski definition) is 3. The van der Waals surface area contributed by atoms with Gasteiger partial charge in [0.05, 0.1) is 6.61 Å². The van der Waals surface area contributed by atoms with Gasteiger partial charge in [-0.15, -0.1) is 0 Å². The molecule has 1 atom stereocenters. The Kier molecular flexibility index (Phi) is 5.45. The maximum Gasteiger partial charge on any atom is 0.250 e. The molecule has 4 nitrogen and oxygen atoms in total. The number of ether oxygens (including phenoxy) is 1. The number of carbonyl (C=O) groups is 1. The smallest absolute Gasteiger partial charge is 0.250 e. The van der Waals surface area contributed by atoms with Crippen LogP contribution in [0.1, 0.15) is 39.0 Å². The van der Waals surface area contributed by atoms with Crippen molar-refractivity contribution in [2.75, 3.05) is 26.2 Å². The van der Waals surface area contributed by atoms with Crippen LogP contribution in [0.4, 0.5) is 0 Å². The molecule has 1 amide bonds. The summed E-state index contributed by atoms with van der Waals surface area (Å²) in [6, 6.07) is 0. The summed E-state index contributed by atoms with van der Waals surface area (Å²) < 4.78 is 5.44. The van der Waals surface area contributed by atoms with Crippen LogP contribution in [0.2, 0.25) is 0 Å². The fourth-order valence-corrected chi connectivity index (χ4v) is 2.94. The molecule has 2 aliphatic rings. The summed E-state index contributed by atoms with van der Waals surface area (Å²) in [4.78, 5) is 11.9. The summed E-state index contributed by atoms with van der Waals surface area (Å²) in [6.45, 7) is 5.24. The van der Waals surface area contributed by atoms with E-state index in [9.17, 15) is 4.79 Å². The molecule has 18 heavy (non-hydrogen) atoms. The fraction of sp³-hybridized carbons (Fsp3) is 0.929. The van der Waals surface area contributed by atoms with Crippen LogP contribution in [0.5, 0.6) is 0 Å². The van der Waals surface area contributed by atoms with E-state index in [-0.39, 0.29) is 12.0 Å². The van der Waals surface area contributed by atoms with E-state index in [1.165, 1.54) is 32.1 Å². The van der Waals surface area contributed by atoms with Crippen LogP contribution >= 0.6 is 0 Å². The molecule has 1 heterocycles. The highest BCUT2D eigenvalue weighted by Gasteiger charge is 2.24. The molecule has 0 spiro atoms. The maximum atomic E-state index is 11.9. The van der Waals surface area contributed by atoms with E-state index in [4.69, 9.17) is 4.74 Å². The van der Waals surface area contributed by atoms with Crippen molar-refractivity contribution >= 4 is 5.91 Å². The number of morpholine rings is 1. The van der Waals surface area contributed by atoms with E-state index < -0.39 is 0 Å². The molecule has 2 fully saturated rings. The molecule has 1 saturated carbocycles. The predicted molar refractivity (Wildman–Crippen MR) is 71.4 cm³/mol. The van der Waals surface area contributed by atoms with Crippen molar-refractivity contribution in [1.29, 1.82) is 0 Å². The van der Waals surface area contributed by atoms with Gasteiger partial charge in [-0.25, -0.2) is 0 Å². The van der Waals surface area contributed by atoms with Crippen LogP contribution in [0.15, 0.2) is 0 Å². The minimum absolute atomic E-state index is 0.0554. The van der Waals surface area contributed by atoms with E-state index in [2.05, 4.69) is 17.6 Å². The molecule has 0 aromatic carbocycles. The third kappa shape index (κ3) is 3.95. The quantitative estimate of drug-likeness (QED) is 0.795. The normalized spacial score (nSPS) is 33.1. The van der Waals surface area contributed by atoms with Gasteiger partial charge >= 0.3 is 0 Å². The fourth-order valence-electron chi connectivity index (χ4n) is 2.94. The van der Waals surface area contributed by atoms with Gasteiger partial charge in [-0.1, -0.05) is 26.2 Å². The van der Waals surface area contributed by atoms with Gasteiger partial charge in [0.2, 0.25) is 5.91 Å². The molecular weight excluding hydrogens is 228 g/mol. The summed E-state index contributed by atoms with van der Waals surface area (Å²) in [5.41, 5.74) is 0. The van der Waals surface area contributed by atoms with Crippen LogP contribution in [-0.2, 0) is 9.53 Å². The second-order valence-corrected chi connectivity index (χ2v) is 5.60. The van der Waals surface area contributed by atoms with Gasteiger partial charge in [-0.2, -0.15) is 0 Å². The lowest BCUT2D eigenvalue weighted by Gasteiger charge is -2.29. The Balaban J connectivity index is 1.63. The van der Waals surface area contributed by atoms with Gasteiger partial charge in [0, 0.05) is 19.6 Å². The Morgan fingerprint density at radius 3 is 2.61 bits per heavy atom. The Hall–Kier alpha value is -0.610. The van der Waals surface area contributed by atoms with Crippen LogP contribution in [0.25, 0.3) is 0 Å². The van der Waals surface area contributed by atoms with E-state index in [0.717, 1.165) is 19.0 Å². The molecule has 0 bridgehead atoms. The topological polar surface area (TPSA) is 50.4 Å². The molecule has 104 valence electrons. The third-order valence-corrected chi connectivity index (χ3v) is 4.33. The van der Waals surface area contributed by atoms with E-state index >= 15 is 0 Å². The third-order valence-electron chi connectivity index (χ3n) is 4.33. The average molecular weight is 254 g/mol. The zero-order chi connectivity index (χ0) is 12.8. The van der Waals surface area contributed by atoms with Crippen LogP contribution < -0.4 is 10.6 Å². The maximum absolute atomic E-state index is 11.9. The minimum atomic E-state index is -0.286. The molecule has 1 aliphatic carbocycles. The molecule has 0 radical (unpaired) electrons. The Labute approximate surface area is 110 Å². The first kappa shape index (κ1) is 13.8. The monoisotopic (exact) mass is 254 g/mol. The Morgan fingerprint density at radius 2 is 2.00 bits per heavy atom. The molecule has 0 aromatic heterocycles. The molecular formula is C14H26N2O2. The second kappa shape index (κ2) is 7.10. The van der Waals surface area contributed by atoms with Crippen LogP contribution in [0.3, 0.4) is 0 Å². The van der Waals surface area contributed by atoms with Gasteiger partial charge in [0.25, 0.3) is 0 Å². The Bertz CT molecular complexity index is 257. The zero-order valence-corrected chi connectivity index (χ0v) is 11.4. The average Bonchev–Trinajstić information content (AvgIpc) is 2.46. The van der Waals surface area contributed by atoms with Gasteiger partial charge in [0.15, 0.2) is 0 Å². The molecule has 1 aliphatic heterocycles. The largest absolute Gasteiger partial charge is 0.366 e. The molecule has 4 heteroatoms. The van der Waals surface area contributed by atoms with Crippen molar-refractivity contribution in [2.45, 2.75) is 45.1 Å². The molecule has 1 saturated heterocycles. The molecule has 2 N–H and O–H groups in total. The van der Waals surface area contributed by atoms with Gasteiger partial charge < -0.3 is 15.4 Å². The SMILES string of the molecule is CCC1CCC(CNC(=O)C2CNCCO2)CC1. The zero-order valence-electron chi connectivity index (χ0n) is 11.4. The van der Waals surface area contributed by atoms with E-state index in [0.29, 0.717) is 19.1 Å². The van der Waals surface area contributed by atoms with E-state index in [1.807, 2.05) is 0 Å². The van der Waals surface area contributed by atoms with Crippen LogP contribution in [0, 0.1) is 11.8 Å². The number of carbonyl (C=O) groups excluding carboxylic acids is 1. The minimum Gasteiger partial charge on any atom is -0.366 e. The van der Waals surface area contributed by atoms with Crippen molar-refractivity contribution in [3.05, 3.63) is 0 Å². The van der Waals surface area contributed by atoms with E-state index in [1.54, 1.807) is 0 Å². The molecule has 0 aromatic rings. The highest BCUT2D eigenvalue weighted by Crippen LogP contribution is 2.30. The first-order chi connectivity index (χ1) is 8.79. The van der Waals surface area contributed by atoms with Gasteiger partial charge in [-0.3, -0.25) is 4.79 Å². The molecule has 2 rings (SSSR count). The number of hydrogen-bond donors (Lipinski definition) is 2. The highest BCUT2D eigenvalue weighted by molar-refractivity contribution is 5.81. The second-order valence-electron chi connectivity index (χ2n) is 5.60. The summed E-state index contributed by atoms with van der Waals surface area (Å²) in [6.07, 6.45) is 6.22. The number of rotatable bonds is 4. The van der Waals surface area contributed by atoms with Crippen LogP contribution in [-0.4, -0.2) is 38.3 Å². The lowest BCUT2D eigenvalue weighted by Crippen LogP contribution is -2.48. The highest BCUT2D eigenvalue weighted by atomic mass is 16.5. The predicted octanol–water partition coefficient (Wildman–Crippen LogP) is 1.31. The summed E-state index contributed by atoms with van der Waals surface area (Å²) in [5.74, 6) is 1.65. The number of amides is 1. The lowest BCUT2D eigenvalue weighted by atomic mass is 9.81. The first-order valence-electron chi connectivity index (χ1n) is 7.39. The first-order valence-corrected chi connectivity index (χ1v) is 7.39. The van der Waals surface area contributed by atoms with Crippen molar-refractivity contribution in [3.8, 4) is 0 Å². The van der Waals surface area contributed by atoms with Gasteiger partial charge in [-0.05, 0) is 24.7 Å². The van der Waals surface area contributed by atoms with Crippen molar-refractivity contribution < 1.29 is 9.53 Å². The molecule has 1 unspecified atom stereocenters. The summed E-state index contributed by atoms with van der Waals surface area (Å²) in [7, 11) is 0. The number of nitrogens with one attached hydrogen (secondary N) is 2. The van der Waals surface area contributed by atoms with Gasteiger partial charge in [0.1, 0.15) is 6.10 Å². The standard InChI is InChI=1S/C14H26N2O2/c1-2-11-3-5-12(6-4-11)9-16-14(17)13-10-15-7-8-18-13/h11-13,15H,2-10H2,1H3,(H,16,17). The van der Waals surface area contributed by atoms with Crippen molar-refractivity contribution in [3.63, 3.8) is 0 Å². The summed E-state index contributed by atoms with van der Waals surface area (Å²) in [5, 5.41) is 6.23. The van der Waals surface area contributed by atoms with Crippen molar-refractivity contribution in [1.82, 2.24) is 10.6 Å². The Morgan fingerprint density at radius 1 is 1.28 bits per heavy atom. The lowest BCUT2D eigenvalue weighted by molar-refractivity contribution is -0.134. The van der Waals surface area contributed by atoms with Crippen molar-refractivity contribution in [2.24, 2.45) is 11.8 Å². The summed E-state index contributed by atoms with van der Waals surface area (Å²) >= 11 is 0.